The van der Waals surface area contributed by atoms with Crippen molar-refractivity contribution in [3.05, 3.63) is 65.3 Å². The van der Waals surface area contributed by atoms with Crippen LogP contribution in [0.15, 0.2) is 53.6 Å². The van der Waals surface area contributed by atoms with E-state index in [1.54, 1.807) is 13.1 Å². The Kier molecular flexibility index (Phi) is 6.03. The van der Waals surface area contributed by atoms with Gasteiger partial charge < -0.3 is 10.2 Å². The van der Waals surface area contributed by atoms with E-state index in [0.29, 0.717) is 36.4 Å². The van der Waals surface area contributed by atoms with Crippen LogP contribution < -0.4 is 10.2 Å². The zero-order valence-electron chi connectivity index (χ0n) is 16.7. The van der Waals surface area contributed by atoms with Crippen molar-refractivity contribution >= 4 is 39.1 Å². The monoisotopic (exact) mass is 462 g/mol. The molecule has 1 aliphatic rings. The van der Waals surface area contributed by atoms with E-state index in [0.717, 1.165) is 12.1 Å². The Hall–Kier alpha value is -2.82. The molecule has 31 heavy (non-hydrogen) atoms. The average molecular weight is 463 g/mol. The number of halogens is 2. The summed E-state index contributed by atoms with van der Waals surface area (Å²) in [6, 6.07) is 10.8. The predicted molar refractivity (Wildman–Crippen MR) is 117 cm³/mol. The van der Waals surface area contributed by atoms with Crippen molar-refractivity contribution in [2.45, 2.75) is 11.8 Å². The third-order valence-electron chi connectivity index (χ3n) is 4.84. The van der Waals surface area contributed by atoms with E-state index in [1.165, 1.54) is 10.4 Å². The molecule has 162 valence electrons. The van der Waals surface area contributed by atoms with Gasteiger partial charge in [0.15, 0.2) is 0 Å². The van der Waals surface area contributed by atoms with Crippen molar-refractivity contribution in [2.75, 3.05) is 36.4 Å². The molecule has 1 aliphatic heterocycles. The molecule has 1 N–H and O–H groups in total. The van der Waals surface area contributed by atoms with Gasteiger partial charge in [-0.3, -0.25) is 0 Å². The Morgan fingerprint density at radius 2 is 1.81 bits per heavy atom. The molecule has 0 spiro atoms. The van der Waals surface area contributed by atoms with Crippen molar-refractivity contribution in [2.24, 2.45) is 0 Å². The quantitative estimate of drug-likeness (QED) is 0.622. The van der Waals surface area contributed by atoms with E-state index in [2.05, 4.69) is 20.3 Å². The van der Waals surface area contributed by atoms with Crippen molar-refractivity contribution in [3.63, 3.8) is 0 Å². The summed E-state index contributed by atoms with van der Waals surface area (Å²) >= 11 is 5.76. The minimum absolute atomic E-state index is 0.0212. The van der Waals surface area contributed by atoms with Gasteiger partial charge in [0.2, 0.25) is 10.0 Å². The first-order valence-corrected chi connectivity index (χ1v) is 11.4. The SMILES string of the molecule is Cc1nc(Nc2ccccn2)cc(N2CCN(S(=O)(=O)c3ccc(F)c(Cl)c3)CC2)n1. The highest BCUT2D eigenvalue weighted by atomic mass is 35.5. The zero-order chi connectivity index (χ0) is 22.0. The average Bonchev–Trinajstić information content (AvgIpc) is 2.76. The van der Waals surface area contributed by atoms with E-state index < -0.39 is 15.8 Å². The number of anilines is 3. The van der Waals surface area contributed by atoms with E-state index >= 15 is 0 Å². The van der Waals surface area contributed by atoms with Gasteiger partial charge in [-0.2, -0.15) is 4.31 Å². The smallest absolute Gasteiger partial charge is 0.243 e. The number of pyridine rings is 1. The molecule has 4 rings (SSSR count). The molecule has 1 aromatic carbocycles. The molecular weight excluding hydrogens is 443 g/mol. The molecule has 3 aromatic rings. The van der Waals surface area contributed by atoms with Crippen LogP contribution in [0.3, 0.4) is 0 Å². The molecule has 11 heteroatoms. The third-order valence-corrected chi connectivity index (χ3v) is 7.02. The fourth-order valence-corrected chi connectivity index (χ4v) is 4.98. The molecule has 3 heterocycles. The van der Waals surface area contributed by atoms with Crippen LogP contribution >= 0.6 is 11.6 Å². The molecule has 0 radical (unpaired) electrons. The lowest BCUT2D eigenvalue weighted by atomic mass is 10.3. The highest BCUT2D eigenvalue weighted by Gasteiger charge is 2.29. The number of benzene rings is 1. The Labute approximate surface area is 184 Å². The summed E-state index contributed by atoms with van der Waals surface area (Å²) in [7, 11) is -3.76. The fourth-order valence-electron chi connectivity index (χ4n) is 3.29. The molecule has 0 saturated carbocycles. The molecule has 1 fully saturated rings. The number of hydrogen-bond donors (Lipinski definition) is 1. The zero-order valence-corrected chi connectivity index (χ0v) is 18.2. The standard InChI is InChI=1S/C20H20ClFN6O2S/c1-14-24-19(26-18-4-2-3-7-23-18)13-20(25-14)27-8-10-28(11-9-27)31(29,30)15-5-6-17(22)16(21)12-15/h2-7,12-13H,8-11H2,1H3,(H,23,24,25,26). The van der Waals surface area contributed by atoms with Gasteiger partial charge in [0.05, 0.1) is 9.92 Å². The summed E-state index contributed by atoms with van der Waals surface area (Å²) in [4.78, 5) is 15.1. The van der Waals surface area contributed by atoms with Crippen LogP contribution in [0.1, 0.15) is 5.82 Å². The summed E-state index contributed by atoms with van der Waals surface area (Å²) in [6.45, 7) is 3.24. The molecule has 8 nitrogen and oxygen atoms in total. The van der Waals surface area contributed by atoms with Crippen molar-refractivity contribution < 1.29 is 12.8 Å². The number of nitrogens with one attached hydrogen (secondary N) is 1. The van der Waals surface area contributed by atoms with Crippen LogP contribution in [0.25, 0.3) is 0 Å². The molecule has 2 aromatic heterocycles. The lowest BCUT2D eigenvalue weighted by Crippen LogP contribution is -2.49. The first-order chi connectivity index (χ1) is 14.8. The summed E-state index contributed by atoms with van der Waals surface area (Å²) in [5.74, 6) is 1.91. The first-order valence-electron chi connectivity index (χ1n) is 9.57. The molecule has 0 aliphatic carbocycles. The van der Waals surface area contributed by atoms with Gasteiger partial charge in [-0.05, 0) is 37.3 Å². The minimum atomic E-state index is -3.76. The summed E-state index contributed by atoms with van der Waals surface area (Å²) < 4.78 is 40.6. The number of nitrogens with zero attached hydrogens (tertiary/aromatic N) is 5. The van der Waals surface area contributed by atoms with Crippen LogP contribution in [0.5, 0.6) is 0 Å². The van der Waals surface area contributed by atoms with Gasteiger partial charge in [0.1, 0.15) is 29.1 Å². The van der Waals surface area contributed by atoms with Gasteiger partial charge in [-0.25, -0.2) is 27.8 Å². The largest absolute Gasteiger partial charge is 0.354 e. The number of aryl methyl sites for hydroxylation is 1. The summed E-state index contributed by atoms with van der Waals surface area (Å²) in [5.41, 5.74) is 0. The Bertz CT molecular complexity index is 1190. The second-order valence-electron chi connectivity index (χ2n) is 6.97. The molecule has 0 unspecified atom stereocenters. The van der Waals surface area contributed by atoms with E-state index in [9.17, 15) is 12.8 Å². The van der Waals surface area contributed by atoms with Crippen molar-refractivity contribution in [3.8, 4) is 0 Å². The van der Waals surface area contributed by atoms with Gasteiger partial charge in [-0.1, -0.05) is 17.7 Å². The van der Waals surface area contributed by atoms with Crippen LogP contribution in [-0.4, -0.2) is 53.9 Å². The van der Waals surface area contributed by atoms with Crippen LogP contribution in [0, 0.1) is 12.7 Å². The van der Waals surface area contributed by atoms with Crippen LogP contribution in [-0.2, 0) is 10.0 Å². The third kappa shape index (κ3) is 4.76. The molecule has 0 atom stereocenters. The number of piperazine rings is 1. The second-order valence-corrected chi connectivity index (χ2v) is 9.31. The maximum absolute atomic E-state index is 13.4. The highest BCUT2D eigenvalue weighted by molar-refractivity contribution is 7.89. The minimum Gasteiger partial charge on any atom is -0.354 e. The molecular formula is C20H20ClFN6O2S. The fraction of sp³-hybridized carbons (Fsp3) is 0.250. The summed E-state index contributed by atoms with van der Waals surface area (Å²) in [6.07, 6.45) is 1.69. The van der Waals surface area contributed by atoms with Crippen LogP contribution in [0.4, 0.5) is 21.8 Å². The Morgan fingerprint density at radius 3 is 2.48 bits per heavy atom. The first kappa shape index (κ1) is 21.4. The number of rotatable bonds is 5. The lowest BCUT2D eigenvalue weighted by Gasteiger charge is -2.34. The highest BCUT2D eigenvalue weighted by Crippen LogP contribution is 2.25. The molecule has 1 saturated heterocycles. The van der Waals surface area contributed by atoms with Gasteiger partial charge in [-0.15, -0.1) is 0 Å². The molecule has 0 amide bonds. The number of hydrogen-bond acceptors (Lipinski definition) is 7. The van der Waals surface area contributed by atoms with Crippen molar-refractivity contribution in [1.29, 1.82) is 0 Å². The Balaban J connectivity index is 1.48. The second kappa shape index (κ2) is 8.74. The van der Waals surface area contributed by atoms with Gasteiger partial charge in [0, 0.05) is 38.4 Å². The van der Waals surface area contributed by atoms with Gasteiger partial charge in [0.25, 0.3) is 0 Å². The Morgan fingerprint density at radius 1 is 1.03 bits per heavy atom. The maximum Gasteiger partial charge on any atom is 0.243 e. The van der Waals surface area contributed by atoms with Crippen molar-refractivity contribution in [1.82, 2.24) is 19.3 Å². The van der Waals surface area contributed by atoms with E-state index in [-0.39, 0.29) is 23.0 Å². The van der Waals surface area contributed by atoms with Gasteiger partial charge >= 0.3 is 0 Å². The van der Waals surface area contributed by atoms with Crippen LogP contribution in [0.2, 0.25) is 5.02 Å². The molecule has 0 bridgehead atoms. The van der Waals surface area contributed by atoms with E-state index in [1.807, 2.05) is 29.2 Å². The van der Waals surface area contributed by atoms with E-state index in [4.69, 9.17) is 11.6 Å². The lowest BCUT2D eigenvalue weighted by molar-refractivity contribution is 0.383. The number of aromatic nitrogens is 3. The normalized spacial score (nSPS) is 15.1. The summed E-state index contributed by atoms with van der Waals surface area (Å²) in [5, 5.41) is 2.93. The maximum atomic E-state index is 13.4. The predicted octanol–water partition coefficient (Wildman–Crippen LogP) is 3.23. The number of sulfonamides is 1. The topological polar surface area (TPSA) is 91.3 Å².